The van der Waals surface area contributed by atoms with E-state index < -0.39 is 35.8 Å². The quantitative estimate of drug-likeness (QED) is 0.338. The molecule has 0 aliphatic heterocycles. The van der Waals surface area contributed by atoms with Crippen LogP contribution in [-0.2, 0) is 0 Å². The van der Waals surface area contributed by atoms with E-state index in [9.17, 15) is 22.4 Å². The molecule has 0 aliphatic carbocycles. The minimum absolute atomic E-state index is 0.0527. The first kappa shape index (κ1) is 24.0. The van der Waals surface area contributed by atoms with Crippen molar-refractivity contribution in [3.05, 3.63) is 64.3 Å². The van der Waals surface area contributed by atoms with Crippen LogP contribution in [0.2, 0.25) is 0 Å². The maximum absolute atomic E-state index is 14.8. The van der Waals surface area contributed by atoms with Crippen LogP contribution >= 0.6 is 11.6 Å². The molecular weight excluding hydrogens is 440 g/mol. The molecular formula is C20H19ClF4N4O2. The molecule has 0 saturated carbocycles. The normalized spacial score (nSPS) is 12.2. The molecule has 0 fully saturated rings. The Bertz CT molecular complexity index is 1060. The highest BCUT2D eigenvalue weighted by Gasteiger charge is 2.30. The van der Waals surface area contributed by atoms with Crippen LogP contribution in [0, 0.1) is 12.7 Å². The van der Waals surface area contributed by atoms with Gasteiger partial charge in [-0.15, -0.1) is 0 Å². The molecule has 31 heavy (non-hydrogen) atoms. The number of anilines is 1. The number of carbonyl (C=O) groups is 1. The van der Waals surface area contributed by atoms with Gasteiger partial charge in [0, 0.05) is 17.4 Å². The zero-order chi connectivity index (χ0) is 23.5. The molecule has 1 aromatic heterocycles. The number of hydrogen-bond donors (Lipinski definition) is 3. The lowest BCUT2D eigenvalue weighted by molar-refractivity contribution is -0.153. The minimum atomic E-state index is -4.70. The lowest BCUT2D eigenvalue weighted by Crippen LogP contribution is -2.27. The lowest BCUT2D eigenvalue weighted by Gasteiger charge is -2.17. The fourth-order valence-electron chi connectivity index (χ4n) is 2.44. The molecule has 6 nitrogen and oxygen atoms in total. The van der Waals surface area contributed by atoms with E-state index in [4.69, 9.17) is 27.8 Å². The molecule has 0 unspecified atom stereocenters. The van der Waals surface area contributed by atoms with Crippen molar-refractivity contribution < 1.29 is 27.1 Å². The summed E-state index contributed by atoms with van der Waals surface area (Å²) in [7, 11) is 0. The third kappa shape index (κ3) is 6.11. The van der Waals surface area contributed by atoms with Crippen LogP contribution in [0.1, 0.15) is 22.8 Å². The molecule has 1 aromatic carbocycles. The van der Waals surface area contributed by atoms with Crippen LogP contribution in [0.25, 0.3) is 11.3 Å². The van der Waals surface area contributed by atoms with Crippen molar-refractivity contribution in [1.29, 1.82) is 0 Å². The molecule has 11 heteroatoms. The Morgan fingerprint density at radius 2 is 1.97 bits per heavy atom. The number of nitrogens with one attached hydrogen (secondary N) is 1. The predicted molar refractivity (Wildman–Crippen MR) is 110 cm³/mol. The average molecular weight is 459 g/mol. The van der Waals surface area contributed by atoms with Gasteiger partial charge in [-0.3, -0.25) is 9.78 Å². The van der Waals surface area contributed by atoms with Gasteiger partial charge in [0.2, 0.25) is 0 Å². The highest BCUT2D eigenvalue weighted by Crippen LogP contribution is 2.32. The summed E-state index contributed by atoms with van der Waals surface area (Å²) in [6.45, 7) is 5.06. The third-order valence-corrected chi connectivity index (χ3v) is 4.22. The number of alkyl halides is 3. The average Bonchev–Trinajstić information content (AvgIpc) is 2.65. The monoisotopic (exact) mass is 458 g/mol. The topological polar surface area (TPSA) is 103 Å². The minimum Gasteiger partial charge on any atom is -0.483 e. The number of aromatic nitrogens is 1. The fraction of sp³-hybridized carbons (Fsp3) is 0.200. The molecule has 0 spiro atoms. The molecule has 0 bridgehead atoms. The Morgan fingerprint density at radius 1 is 1.32 bits per heavy atom. The van der Waals surface area contributed by atoms with Gasteiger partial charge in [-0.05, 0) is 43.2 Å². The fourth-order valence-corrected chi connectivity index (χ4v) is 2.65. The van der Waals surface area contributed by atoms with E-state index in [-0.39, 0.29) is 27.7 Å². The van der Waals surface area contributed by atoms with Gasteiger partial charge in [0.25, 0.3) is 5.91 Å². The molecule has 1 amide bonds. The number of amides is 1. The van der Waals surface area contributed by atoms with Crippen LogP contribution in [0.15, 0.2) is 47.4 Å². The summed E-state index contributed by atoms with van der Waals surface area (Å²) >= 11 is 5.70. The van der Waals surface area contributed by atoms with Crippen LogP contribution < -0.4 is 21.5 Å². The summed E-state index contributed by atoms with van der Waals surface area (Å²) in [5.74, 6) is -2.46. The second-order valence-electron chi connectivity index (χ2n) is 6.62. The zero-order valence-corrected chi connectivity index (χ0v) is 17.3. The number of nitrogens with zero attached hydrogens (tertiary/aromatic N) is 1. The first-order valence-corrected chi connectivity index (χ1v) is 9.06. The Hall–Kier alpha value is -3.27. The van der Waals surface area contributed by atoms with Crippen molar-refractivity contribution in [2.24, 2.45) is 5.73 Å². The van der Waals surface area contributed by atoms with Crippen molar-refractivity contribution in [2.75, 3.05) is 12.3 Å². The number of rotatable bonds is 6. The van der Waals surface area contributed by atoms with Gasteiger partial charge in [-0.25, -0.2) is 4.39 Å². The summed E-state index contributed by atoms with van der Waals surface area (Å²) < 4.78 is 57.7. The second-order valence-corrected chi connectivity index (χ2v) is 7.02. The van der Waals surface area contributed by atoms with Crippen molar-refractivity contribution >= 4 is 23.2 Å². The molecule has 0 atom stereocenters. The van der Waals surface area contributed by atoms with E-state index >= 15 is 0 Å². The first-order valence-electron chi connectivity index (χ1n) is 8.68. The Kier molecular flexibility index (Phi) is 7.17. The zero-order valence-electron chi connectivity index (χ0n) is 16.5. The molecule has 0 aliphatic rings. The van der Waals surface area contributed by atoms with Crippen LogP contribution in [0.5, 0.6) is 5.75 Å². The van der Waals surface area contributed by atoms with Crippen LogP contribution in [0.4, 0.5) is 23.2 Å². The molecule has 1 heterocycles. The van der Waals surface area contributed by atoms with Crippen molar-refractivity contribution in [1.82, 2.24) is 10.3 Å². The molecule has 5 N–H and O–H groups in total. The molecule has 0 radical (unpaired) electrons. The van der Waals surface area contributed by atoms with Gasteiger partial charge in [-0.2, -0.15) is 13.2 Å². The third-order valence-electron chi connectivity index (χ3n) is 4.03. The smallest absolute Gasteiger partial charge is 0.422 e. The number of allylic oxidation sites excluding steroid dienone is 1. The Labute approximate surface area is 180 Å². The molecule has 2 rings (SSSR count). The molecule has 166 valence electrons. The van der Waals surface area contributed by atoms with Gasteiger partial charge < -0.3 is 21.5 Å². The predicted octanol–water partition coefficient (Wildman–Crippen LogP) is 4.39. The number of hydrogen-bond acceptors (Lipinski definition) is 5. The number of nitrogen functional groups attached to an aromatic ring is 1. The van der Waals surface area contributed by atoms with E-state index in [1.807, 2.05) is 0 Å². The summed E-state index contributed by atoms with van der Waals surface area (Å²) in [5, 5.41) is 1.98. The maximum Gasteiger partial charge on any atom is 0.422 e. The van der Waals surface area contributed by atoms with E-state index in [0.29, 0.717) is 11.3 Å². The largest absolute Gasteiger partial charge is 0.483 e. The summed E-state index contributed by atoms with van der Waals surface area (Å²) in [4.78, 5) is 16.7. The van der Waals surface area contributed by atoms with Crippen molar-refractivity contribution in [3.8, 4) is 17.0 Å². The number of halogens is 5. The van der Waals surface area contributed by atoms with E-state index in [1.165, 1.54) is 19.2 Å². The highest BCUT2D eigenvalue weighted by molar-refractivity contribution is 6.29. The van der Waals surface area contributed by atoms with Gasteiger partial charge in [-0.1, -0.05) is 18.2 Å². The maximum atomic E-state index is 14.8. The van der Waals surface area contributed by atoms with E-state index in [1.54, 1.807) is 6.92 Å². The Morgan fingerprint density at radius 3 is 2.48 bits per heavy atom. The SMILES string of the molecule is C=C(C)/C(NC(=O)c1cc(F)c(-c2cc(N)c(C)cn2)cc1OCC(F)(F)F)=C(\N)Cl. The van der Waals surface area contributed by atoms with Crippen LogP contribution in [0.3, 0.4) is 0 Å². The summed E-state index contributed by atoms with van der Waals surface area (Å²) in [6, 6.07) is 3.03. The summed E-state index contributed by atoms with van der Waals surface area (Å²) in [6.07, 6.45) is -3.31. The standard InChI is InChI=1S/C20H19ClF4N4O2/c1-9(2)17(18(21)27)29-19(30)12-4-13(22)11(5-16(12)31-8-20(23,24)25)15-6-14(26)10(3)7-28-15/h4-7H,1,8,27H2,2-3H3,(H2,26,28)(H,29,30)/b18-17+. The second kappa shape index (κ2) is 9.25. The van der Waals surface area contributed by atoms with Crippen molar-refractivity contribution in [2.45, 2.75) is 20.0 Å². The lowest BCUT2D eigenvalue weighted by atomic mass is 10.0. The first-order chi connectivity index (χ1) is 14.3. The van der Waals surface area contributed by atoms with Gasteiger partial charge in [0.15, 0.2) is 6.61 Å². The van der Waals surface area contributed by atoms with E-state index in [2.05, 4.69) is 16.9 Å². The van der Waals surface area contributed by atoms with Gasteiger partial charge in [0.05, 0.1) is 17.0 Å². The highest BCUT2D eigenvalue weighted by atomic mass is 35.5. The van der Waals surface area contributed by atoms with Crippen molar-refractivity contribution in [3.63, 3.8) is 0 Å². The summed E-state index contributed by atoms with van der Waals surface area (Å²) in [5.41, 5.74) is 11.8. The number of pyridine rings is 1. The molecule has 2 aromatic rings. The van der Waals surface area contributed by atoms with Gasteiger partial charge >= 0.3 is 6.18 Å². The number of nitrogens with two attached hydrogens (primary N) is 2. The number of carbonyl (C=O) groups excluding carboxylic acids is 1. The van der Waals surface area contributed by atoms with Gasteiger partial charge in [0.1, 0.15) is 16.7 Å². The number of benzene rings is 1. The van der Waals surface area contributed by atoms with Crippen LogP contribution in [-0.4, -0.2) is 23.7 Å². The number of aryl methyl sites for hydroxylation is 1. The van der Waals surface area contributed by atoms with E-state index in [0.717, 1.165) is 12.1 Å². The molecule has 0 saturated heterocycles. The Balaban J connectivity index is 2.57. The number of ether oxygens (including phenoxy) is 1.